The lowest BCUT2D eigenvalue weighted by Crippen LogP contribution is -2.67. The standard InChI is InChI=1S/C18H22F6O7S/c1-9-2-10-3-11-5-15(4-9,6-12(10)11)8-31-13(25)7-30-14(26)16(17(19,20)21,18(22,23)24)32(27,28)29/h9-12H,2-8H2,1H3,(H,27,28,29). The number of hydrogen-bond donors (Lipinski definition) is 1. The van der Waals surface area contributed by atoms with Gasteiger partial charge in [-0.15, -0.1) is 0 Å². The number of esters is 2. The molecule has 0 aromatic heterocycles. The van der Waals surface area contributed by atoms with Gasteiger partial charge in [0, 0.05) is 5.41 Å². The molecule has 3 saturated carbocycles. The van der Waals surface area contributed by atoms with Gasteiger partial charge < -0.3 is 9.47 Å². The Morgan fingerprint density at radius 2 is 1.56 bits per heavy atom. The molecule has 3 rings (SSSR count). The van der Waals surface area contributed by atoms with Crippen molar-refractivity contribution in [3.63, 3.8) is 0 Å². The molecule has 0 amide bonds. The molecule has 0 heterocycles. The smallest absolute Gasteiger partial charge is 0.430 e. The molecule has 0 aromatic carbocycles. The first-order chi connectivity index (χ1) is 14.4. The molecule has 184 valence electrons. The third-order valence-electron chi connectivity index (χ3n) is 7.00. The highest BCUT2D eigenvalue weighted by atomic mass is 32.2. The van der Waals surface area contributed by atoms with Crippen LogP contribution in [-0.4, -0.2) is 55.2 Å². The number of ether oxygens (including phenoxy) is 2. The maximum absolute atomic E-state index is 13.1. The third kappa shape index (κ3) is 3.97. The topological polar surface area (TPSA) is 107 Å². The molecule has 2 bridgehead atoms. The molecule has 3 aliphatic carbocycles. The number of halogens is 6. The molecule has 14 heteroatoms. The molecule has 0 saturated heterocycles. The summed E-state index contributed by atoms with van der Waals surface area (Å²) in [6.07, 6.45) is -9.16. The van der Waals surface area contributed by atoms with E-state index in [1.54, 1.807) is 0 Å². The average Bonchev–Trinajstić information content (AvgIpc) is 2.78. The molecule has 1 N–H and O–H groups in total. The van der Waals surface area contributed by atoms with E-state index in [2.05, 4.69) is 11.7 Å². The lowest BCUT2D eigenvalue weighted by Gasteiger charge is -2.42. The minimum absolute atomic E-state index is 0.130. The summed E-state index contributed by atoms with van der Waals surface area (Å²) in [5, 5.41) is 0. The van der Waals surface area contributed by atoms with Crippen LogP contribution in [0, 0.1) is 29.1 Å². The predicted octanol–water partition coefficient (Wildman–Crippen LogP) is 3.29. The highest BCUT2D eigenvalue weighted by molar-refractivity contribution is 7.88. The van der Waals surface area contributed by atoms with Crippen LogP contribution in [-0.2, 0) is 29.2 Å². The summed E-state index contributed by atoms with van der Waals surface area (Å²) in [5.41, 5.74) is -0.351. The second kappa shape index (κ2) is 7.74. The second-order valence-electron chi connectivity index (χ2n) is 9.26. The van der Waals surface area contributed by atoms with E-state index in [1.807, 2.05) is 0 Å². The largest absolute Gasteiger partial charge is 0.463 e. The monoisotopic (exact) mass is 496 g/mol. The molecule has 5 atom stereocenters. The molecule has 3 aliphatic rings. The van der Waals surface area contributed by atoms with Crippen molar-refractivity contribution in [3.05, 3.63) is 0 Å². The van der Waals surface area contributed by atoms with Gasteiger partial charge in [0.1, 0.15) is 0 Å². The van der Waals surface area contributed by atoms with Crippen LogP contribution < -0.4 is 0 Å². The summed E-state index contributed by atoms with van der Waals surface area (Å²) in [6, 6.07) is 0. The average molecular weight is 496 g/mol. The van der Waals surface area contributed by atoms with Gasteiger partial charge in [0.15, 0.2) is 6.61 Å². The van der Waals surface area contributed by atoms with E-state index in [0.717, 1.165) is 32.1 Å². The van der Waals surface area contributed by atoms with Gasteiger partial charge in [-0.1, -0.05) is 6.92 Å². The van der Waals surface area contributed by atoms with Gasteiger partial charge in [-0.3, -0.25) is 4.55 Å². The van der Waals surface area contributed by atoms with Crippen LogP contribution in [0.5, 0.6) is 0 Å². The normalized spacial score (nSPS) is 32.6. The number of rotatable bonds is 6. The van der Waals surface area contributed by atoms with Gasteiger partial charge in [0.25, 0.3) is 0 Å². The van der Waals surface area contributed by atoms with Crippen molar-refractivity contribution in [3.8, 4) is 0 Å². The van der Waals surface area contributed by atoms with E-state index in [0.29, 0.717) is 23.7 Å². The van der Waals surface area contributed by atoms with Crippen LogP contribution in [0.4, 0.5) is 26.3 Å². The molecule has 0 spiro atoms. The van der Waals surface area contributed by atoms with Crippen molar-refractivity contribution in [2.75, 3.05) is 13.2 Å². The Morgan fingerprint density at radius 3 is 2.09 bits per heavy atom. The minimum atomic E-state index is -7.12. The molecule has 7 nitrogen and oxygen atoms in total. The van der Waals surface area contributed by atoms with Gasteiger partial charge in [-0.2, -0.15) is 34.8 Å². The van der Waals surface area contributed by atoms with Gasteiger partial charge >= 0.3 is 39.2 Å². The summed E-state index contributed by atoms with van der Waals surface area (Å²) < 4.78 is 112. The zero-order valence-corrected chi connectivity index (χ0v) is 17.6. The van der Waals surface area contributed by atoms with Gasteiger partial charge in [0.2, 0.25) is 0 Å². The van der Waals surface area contributed by atoms with Crippen molar-refractivity contribution < 1.29 is 58.4 Å². The van der Waals surface area contributed by atoms with Crippen molar-refractivity contribution >= 4 is 22.1 Å². The summed E-state index contributed by atoms with van der Waals surface area (Å²) in [5.74, 6) is -2.84. The zero-order chi connectivity index (χ0) is 24.3. The van der Waals surface area contributed by atoms with E-state index in [4.69, 9.17) is 9.29 Å². The number of carbonyl (C=O) groups is 2. The summed E-state index contributed by atoms with van der Waals surface area (Å²) >= 11 is 0. The lowest BCUT2D eigenvalue weighted by atomic mass is 9.63. The molecular formula is C18H22F6O7S. The fourth-order valence-electron chi connectivity index (χ4n) is 5.88. The second-order valence-corrected chi connectivity index (χ2v) is 10.8. The first-order valence-corrected chi connectivity index (χ1v) is 11.3. The quantitative estimate of drug-likeness (QED) is 0.342. The van der Waals surface area contributed by atoms with Crippen LogP contribution in [0.1, 0.15) is 39.0 Å². The fraction of sp³-hybridized carbons (Fsp3) is 0.889. The van der Waals surface area contributed by atoms with E-state index in [1.165, 1.54) is 0 Å². The van der Waals surface area contributed by atoms with E-state index in [9.17, 15) is 44.3 Å². The highest BCUT2D eigenvalue weighted by Crippen LogP contribution is 2.64. The van der Waals surface area contributed by atoms with Crippen LogP contribution in [0.25, 0.3) is 0 Å². The Balaban J connectivity index is 1.66. The number of hydrogen-bond acceptors (Lipinski definition) is 6. The SMILES string of the molecule is CC1CC2CC3CC(COC(=O)COC(=O)C(C(F)(F)F)(C(F)(F)F)S(=O)(=O)O)(C1)CC23. The fourth-order valence-corrected chi connectivity index (χ4v) is 6.73. The summed E-state index contributed by atoms with van der Waals surface area (Å²) in [4.78, 5) is 23.6. The molecule has 0 aromatic rings. The Bertz CT molecular complexity index is 865. The predicted molar refractivity (Wildman–Crippen MR) is 93.5 cm³/mol. The van der Waals surface area contributed by atoms with Crippen LogP contribution in [0.15, 0.2) is 0 Å². The highest BCUT2D eigenvalue weighted by Gasteiger charge is 2.85. The van der Waals surface area contributed by atoms with Crippen LogP contribution >= 0.6 is 0 Å². The minimum Gasteiger partial charge on any atom is -0.463 e. The molecule has 0 aliphatic heterocycles. The Morgan fingerprint density at radius 1 is 0.969 bits per heavy atom. The Hall–Kier alpha value is -1.57. The molecule has 32 heavy (non-hydrogen) atoms. The van der Waals surface area contributed by atoms with E-state index >= 15 is 0 Å². The maximum atomic E-state index is 13.1. The van der Waals surface area contributed by atoms with Crippen molar-refractivity contribution in [2.45, 2.75) is 56.1 Å². The molecule has 5 unspecified atom stereocenters. The lowest BCUT2D eigenvalue weighted by molar-refractivity contribution is -0.268. The van der Waals surface area contributed by atoms with E-state index in [-0.39, 0.29) is 12.0 Å². The third-order valence-corrected chi connectivity index (χ3v) is 8.40. The van der Waals surface area contributed by atoms with Gasteiger partial charge in [-0.25, -0.2) is 9.59 Å². The number of carbonyl (C=O) groups excluding carboxylic acids is 2. The van der Waals surface area contributed by atoms with E-state index < -0.39 is 45.8 Å². The first kappa shape index (κ1) is 25.1. The first-order valence-electron chi connectivity index (χ1n) is 9.87. The number of fused-ring (bicyclic) bond motifs is 1. The van der Waals surface area contributed by atoms with Crippen molar-refractivity contribution in [1.29, 1.82) is 0 Å². The Kier molecular flexibility index (Phi) is 6.06. The van der Waals surface area contributed by atoms with Crippen molar-refractivity contribution in [2.24, 2.45) is 29.1 Å². The Labute approximate surface area is 179 Å². The summed E-state index contributed by atoms with van der Waals surface area (Å²) in [7, 11) is -7.12. The molecule has 0 radical (unpaired) electrons. The maximum Gasteiger partial charge on any atom is 0.430 e. The van der Waals surface area contributed by atoms with Crippen LogP contribution in [0.3, 0.4) is 0 Å². The van der Waals surface area contributed by atoms with Crippen molar-refractivity contribution in [1.82, 2.24) is 0 Å². The number of alkyl halides is 6. The van der Waals surface area contributed by atoms with Gasteiger partial charge in [-0.05, 0) is 55.8 Å². The van der Waals surface area contributed by atoms with Crippen LogP contribution in [0.2, 0.25) is 0 Å². The zero-order valence-electron chi connectivity index (χ0n) is 16.8. The molecule has 3 fully saturated rings. The van der Waals surface area contributed by atoms with Gasteiger partial charge in [0.05, 0.1) is 6.61 Å². The summed E-state index contributed by atoms with van der Waals surface area (Å²) in [6.45, 7) is 0.251. The molecular weight excluding hydrogens is 474 g/mol.